The van der Waals surface area contributed by atoms with Gasteiger partial charge in [-0.1, -0.05) is 41.4 Å². The maximum Gasteiger partial charge on any atom is 0.339 e. The zero-order valence-corrected chi connectivity index (χ0v) is 12.8. The summed E-state index contributed by atoms with van der Waals surface area (Å²) in [4.78, 5) is 24.2. The van der Waals surface area contributed by atoms with Crippen molar-refractivity contribution in [3.05, 3.63) is 63.6 Å². The molecule has 0 bridgehead atoms. The third kappa shape index (κ3) is 2.93. The van der Waals surface area contributed by atoms with E-state index in [0.717, 1.165) is 5.56 Å². The smallest absolute Gasteiger partial charge is 0.339 e. The molecule has 112 valence electrons. The molecule has 0 spiro atoms. The number of ether oxygens (including phenoxy) is 1. The minimum Gasteiger partial charge on any atom is -0.448 e. The number of rotatable bonds is 2. The minimum atomic E-state index is -0.891. The maximum atomic E-state index is 12.3. The van der Waals surface area contributed by atoms with Gasteiger partial charge < -0.3 is 10.1 Å². The Bertz CT molecular complexity index is 761. The number of hydrogen-bond donors (Lipinski definition) is 1. The Balaban J connectivity index is 1.79. The summed E-state index contributed by atoms with van der Waals surface area (Å²) in [5.74, 6) is -0.939. The molecule has 0 aliphatic carbocycles. The van der Waals surface area contributed by atoms with E-state index in [1.165, 1.54) is 0 Å². The van der Waals surface area contributed by atoms with Crippen LogP contribution < -0.4 is 5.32 Å². The fraction of sp³-hybridized carbons (Fsp3) is 0.125. The van der Waals surface area contributed by atoms with Crippen LogP contribution in [0.2, 0.25) is 10.0 Å². The van der Waals surface area contributed by atoms with Crippen molar-refractivity contribution in [1.29, 1.82) is 0 Å². The fourth-order valence-corrected chi connectivity index (χ4v) is 2.62. The van der Waals surface area contributed by atoms with E-state index in [9.17, 15) is 9.59 Å². The van der Waals surface area contributed by atoms with Crippen LogP contribution >= 0.6 is 23.2 Å². The minimum absolute atomic E-state index is 0.325. The Hall–Kier alpha value is -2.04. The van der Waals surface area contributed by atoms with Crippen molar-refractivity contribution >= 4 is 40.8 Å². The van der Waals surface area contributed by atoms with Gasteiger partial charge in [0.05, 0.1) is 16.3 Å². The van der Waals surface area contributed by atoms with Gasteiger partial charge in [-0.3, -0.25) is 4.79 Å². The molecular formula is C16H11Cl2NO3. The average molecular weight is 336 g/mol. The number of halogens is 2. The van der Waals surface area contributed by atoms with Crippen molar-refractivity contribution in [3.8, 4) is 0 Å². The summed E-state index contributed by atoms with van der Waals surface area (Å²) in [5, 5.41) is 3.45. The highest BCUT2D eigenvalue weighted by molar-refractivity contribution is 6.35. The first kappa shape index (κ1) is 14.9. The van der Waals surface area contributed by atoms with Crippen molar-refractivity contribution in [2.75, 3.05) is 5.32 Å². The van der Waals surface area contributed by atoms with Crippen LogP contribution in [0, 0.1) is 0 Å². The molecule has 1 atom stereocenters. The highest BCUT2D eigenvalue weighted by atomic mass is 35.5. The number of benzene rings is 2. The van der Waals surface area contributed by atoms with E-state index in [1.807, 2.05) is 12.1 Å². The second-order valence-corrected chi connectivity index (χ2v) is 5.71. The lowest BCUT2D eigenvalue weighted by Gasteiger charge is -2.24. The molecule has 0 saturated heterocycles. The molecule has 1 amide bonds. The zero-order chi connectivity index (χ0) is 15.7. The van der Waals surface area contributed by atoms with Crippen LogP contribution in [0.1, 0.15) is 15.9 Å². The molecule has 2 aromatic carbocycles. The summed E-state index contributed by atoms with van der Waals surface area (Å²) >= 11 is 11.9. The standard InChI is InChI=1S/C16H11Cl2NO3/c17-10-5-6-12(18)13(8-10)19-15(20)14-7-9-3-1-2-4-11(9)16(21)22-14/h1-6,8,14H,7H2,(H,19,20)/t14-/m1/s1. The molecule has 0 saturated carbocycles. The lowest BCUT2D eigenvalue weighted by Crippen LogP contribution is -2.38. The number of carbonyl (C=O) groups is 2. The number of carbonyl (C=O) groups excluding carboxylic acids is 2. The first-order valence-corrected chi connectivity index (χ1v) is 7.35. The Morgan fingerprint density at radius 2 is 1.95 bits per heavy atom. The van der Waals surface area contributed by atoms with Crippen LogP contribution in [0.25, 0.3) is 0 Å². The zero-order valence-electron chi connectivity index (χ0n) is 11.3. The quantitative estimate of drug-likeness (QED) is 0.851. The molecule has 0 aromatic heterocycles. The Kier molecular flexibility index (Phi) is 4.05. The number of cyclic esters (lactones) is 1. The number of esters is 1. The van der Waals surface area contributed by atoms with E-state index >= 15 is 0 Å². The van der Waals surface area contributed by atoms with E-state index in [4.69, 9.17) is 27.9 Å². The summed E-state index contributed by atoms with van der Waals surface area (Å²) in [5.41, 5.74) is 1.66. The van der Waals surface area contributed by atoms with Crippen LogP contribution in [0.5, 0.6) is 0 Å². The van der Waals surface area contributed by atoms with Gasteiger partial charge in [0.15, 0.2) is 6.10 Å². The van der Waals surface area contributed by atoms with E-state index < -0.39 is 18.0 Å². The summed E-state index contributed by atoms with van der Waals surface area (Å²) in [7, 11) is 0. The predicted octanol–water partition coefficient (Wildman–Crippen LogP) is 3.71. The highest BCUT2D eigenvalue weighted by Crippen LogP contribution is 2.27. The third-order valence-electron chi connectivity index (χ3n) is 3.37. The molecule has 0 radical (unpaired) electrons. The Morgan fingerprint density at radius 3 is 2.77 bits per heavy atom. The molecule has 3 rings (SSSR count). The van der Waals surface area contributed by atoms with Gasteiger partial charge >= 0.3 is 5.97 Å². The van der Waals surface area contributed by atoms with Gasteiger partial charge in [0.25, 0.3) is 5.91 Å². The fourth-order valence-electron chi connectivity index (χ4n) is 2.28. The van der Waals surface area contributed by atoms with Gasteiger partial charge in [-0.25, -0.2) is 4.79 Å². The van der Waals surface area contributed by atoms with E-state index in [-0.39, 0.29) is 0 Å². The molecule has 1 heterocycles. The molecule has 1 aliphatic rings. The molecule has 6 heteroatoms. The van der Waals surface area contributed by atoms with Crippen molar-refractivity contribution in [2.45, 2.75) is 12.5 Å². The third-order valence-corrected chi connectivity index (χ3v) is 3.94. The second kappa shape index (κ2) is 5.99. The lowest BCUT2D eigenvalue weighted by atomic mass is 9.98. The number of anilines is 1. The SMILES string of the molecule is O=C1O[C@@H](C(=O)Nc2cc(Cl)ccc2Cl)Cc2ccccc21. The summed E-state index contributed by atoms with van der Waals surface area (Å²) in [6.07, 6.45) is -0.566. The first-order chi connectivity index (χ1) is 10.5. The molecule has 22 heavy (non-hydrogen) atoms. The summed E-state index contributed by atoms with van der Waals surface area (Å²) < 4.78 is 5.19. The van der Waals surface area contributed by atoms with Gasteiger partial charge in [0.1, 0.15) is 0 Å². The summed E-state index contributed by atoms with van der Waals surface area (Å²) in [6, 6.07) is 11.8. The van der Waals surface area contributed by atoms with Crippen LogP contribution in [0.4, 0.5) is 5.69 Å². The highest BCUT2D eigenvalue weighted by Gasteiger charge is 2.31. The van der Waals surface area contributed by atoms with Crippen molar-refractivity contribution in [3.63, 3.8) is 0 Å². The van der Waals surface area contributed by atoms with Crippen LogP contribution in [-0.2, 0) is 16.0 Å². The van der Waals surface area contributed by atoms with Gasteiger partial charge in [0.2, 0.25) is 0 Å². The van der Waals surface area contributed by atoms with E-state index in [2.05, 4.69) is 5.32 Å². The van der Waals surface area contributed by atoms with Crippen molar-refractivity contribution in [2.24, 2.45) is 0 Å². The van der Waals surface area contributed by atoms with Gasteiger partial charge in [0, 0.05) is 11.4 Å². The van der Waals surface area contributed by atoms with Crippen molar-refractivity contribution < 1.29 is 14.3 Å². The molecule has 0 unspecified atom stereocenters. The molecular weight excluding hydrogens is 325 g/mol. The molecule has 2 aromatic rings. The van der Waals surface area contributed by atoms with Crippen LogP contribution in [0.3, 0.4) is 0 Å². The molecule has 4 nitrogen and oxygen atoms in total. The van der Waals surface area contributed by atoms with Gasteiger partial charge in [-0.05, 0) is 29.8 Å². The van der Waals surface area contributed by atoms with Crippen LogP contribution in [0.15, 0.2) is 42.5 Å². The Labute approximate surface area is 137 Å². The van der Waals surface area contributed by atoms with Crippen LogP contribution in [-0.4, -0.2) is 18.0 Å². The Morgan fingerprint density at radius 1 is 1.18 bits per heavy atom. The number of amides is 1. The number of nitrogens with one attached hydrogen (secondary N) is 1. The second-order valence-electron chi connectivity index (χ2n) is 4.87. The first-order valence-electron chi connectivity index (χ1n) is 6.59. The number of hydrogen-bond acceptors (Lipinski definition) is 3. The molecule has 1 aliphatic heterocycles. The predicted molar refractivity (Wildman–Crippen MR) is 84.4 cm³/mol. The van der Waals surface area contributed by atoms with E-state index in [0.29, 0.717) is 27.7 Å². The molecule has 1 N–H and O–H groups in total. The monoisotopic (exact) mass is 335 g/mol. The topological polar surface area (TPSA) is 55.4 Å². The normalized spacial score (nSPS) is 16.6. The van der Waals surface area contributed by atoms with Gasteiger partial charge in [-0.2, -0.15) is 0 Å². The maximum absolute atomic E-state index is 12.3. The lowest BCUT2D eigenvalue weighted by molar-refractivity contribution is -0.125. The number of fused-ring (bicyclic) bond motifs is 1. The molecule has 0 fully saturated rings. The van der Waals surface area contributed by atoms with E-state index in [1.54, 1.807) is 30.3 Å². The largest absolute Gasteiger partial charge is 0.448 e. The van der Waals surface area contributed by atoms with Gasteiger partial charge in [-0.15, -0.1) is 0 Å². The average Bonchev–Trinajstić information content (AvgIpc) is 2.51. The summed E-state index contributed by atoms with van der Waals surface area (Å²) in [6.45, 7) is 0. The van der Waals surface area contributed by atoms with Crippen molar-refractivity contribution in [1.82, 2.24) is 0 Å².